The van der Waals surface area contributed by atoms with Crippen LogP contribution in [-0.4, -0.2) is 70.9 Å². The molecule has 0 amide bonds. The molecule has 4 atom stereocenters. The number of ether oxygens (including phenoxy) is 2. The first kappa shape index (κ1) is 18.8. The van der Waals surface area contributed by atoms with Gasteiger partial charge in [-0.1, -0.05) is 0 Å². The number of aromatic nitrogens is 2. The minimum Gasteiger partial charge on any atom is -0.388 e. The molecule has 2 heterocycles. The van der Waals surface area contributed by atoms with E-state index in [2.05, 4.69) is 15.3 Å². The van der Waals surface area contributed by atoms with Crippen molar-refractivity contribution in [3.63, 3.8) is 0 Å². The summed E-state index contributed by atoms with van der Waals surface area (Å²) >= 11 is 0. The third-order valence-electron chi connectivity index (χ3n) is 3.44. The molecule has 1 aliphatic heterocycles. The van der Waals surface area contributed by atoms with Crippen molar-refractivity contribution >= 4 is 5.95 Å². The van der Waals surface area contributed by atoms with E-state index in [0.717, 1.165) is 12.3 Å². The van der Waals surface area contributed by atoms with Crippen molar-refractivity contribution in [3.8, 4) is 0 Å². The van der Waals surface area contributed by atoms with Crippen molar-refractivity contribution in [2.24, 2.45) is 5.73 Å². The first-order valence-corrected chi connectivity index (χ1v) is 7.25. The number of hydrogen-bond donors (Lipinski definition) is 4. The van der Waals surface area contributed by atoms with Gasteiger partial charge in [-0.25, -0.2) is 9.97 Å². The Labute approximate surface area is 135 Å². The Hall–Kier alpha value is -1.53. The Morgan fingerprint density at radius 2 is 2.12 bits per heavy atom. The summed E-state index contributed by atoms with van der Waals surface area (Å²) in [6.07, 6.45) is -6.98. The van der Waals surface area contributed by atoms with Gasteiger partial charge in [-0.15, -0.1) is 0 Å². The minimum atomic E-state index is -4.61. The second-order valence-corrected chi connectivity index (χ2v) is 5.23. The Bertz CT molecular complexity index is 534. The van der Waals surface area contributed by atoms with Crippen molar-refractivity contribution in [3.05, 3.63) is 18.0 Å². The largest absolute Gasteiger partial charge is 0.433 e. The van der Waals surface area contributed by atoms with Gasteiger partial charge < -0.3 is 30.7 Å². The molecule has 2 rings (SSSR count). The number of aliphatic hydroxyl groups is 2. The van der Waals surface area contributed by atoms with E-state index in [9.17, 15) is 23.4 Å². The minimum absolute atomic E-state index is 0.0439. The van der Waals surface area contributed by atoms with Crippen LogP contribution in [0.25, 0.3) is 0 Å². The molecule has 1 fully saturated rings. The van der Waals surface area contributed by atoms with E-state index >= 15 is 0 Å². The molecule has 0 bridgehead atoms. The number of hydrogen-bond acceptors (Lipinski definition) is 8. The van der Waals surface area contributed by atoms with Crippen LogP contribution in [0.5, 0.6) is 0 Å². The first-order valence-electron chi connectivity index (χ1n) is 7.25. The number of anilines is 1. The second kappa shape index (κ2) is 8.03. The summed E-state index contributed by atoms with van der Waals surface area (Å²) in [5.74, 6) is -0.317. The van der Waals surface area contributed by atoms with E-state index < -0.39 is 36.2 Å². The molecule has 0 spiro atoms. The summed E-state index contributed by atoms with van der Waals surface area (Å²) in [5, 5.41) is 22.7. The number of nitrogens with zero attached hydrogens (tertiary/aromatic N) is 2. The van der Waals surface area contributed by atoms with E-state index in [1.807, 2.05) is 0 Å². The molecule has 1 aromatic rings. The Morgan fingerprint density at radius 1 is 1.38 bits per heavy atom. The molecule has 0 aromatic carbocycles. The molecular formula is C13H19F3N4O4. The standard InChI is InChI=1S/C13H19F3N4O4/c14-13(15,16)9-1-3-18-12(20-9)19-7-5-24-8(6-23-4-2-17)11(22)10(7)21/h1,3,7-8,10-11,21-22H,2,4-6,17H2,(H,18,19,20)/t7-,8+,10+,11-/m0/s1. The molecule has 8 nitrogen and oxygen atoms in total. The summed E-state index contributed by atoms with van der Waals surface area (Å²) in [7, 11) is 0. The molecule has 136 valence electrons. The number of nitrogens with two attached hydrogens (primary N) is 1. The van der Waals surface area contributed by atoms with E-state index in [4.69, 9.17) is 15.2 Å². The molecule has 0 aliphatic carbocycles. The molecule has 24 heavy (non-hydrogen) atoms. The molecular weight excluding hydrogens is 333 g/mol. The Balaban J connectivity index is 1.97. The van der Waals surface area contributed by atoms with Gasteiger partial charge in [-0.05, 0) is 6.07 Å². The molecule has 0 radical (unpaired) electrons. The average molecular weight is 352 g/mol. The van der Waals surface area contributed by atoms with Crippen LogP contribution in [0.4, 0.5) is 19.1 Å². The Kier molecular flexibility index (Phi) is 6.29. The quantitative estimate of drug-likeness (QED) is 0.499. The number of rotatable bonds is 6. The molecule has 1 aliphatic rings. The maximum Gasteiger partial charge on any atom is 0.433 e. The van der Waals surface area contributed by atoms with Gasteiger partial charge in [0.25, 0.3) is 0 Å². The van der Waals surface area contributed by atoms with Crippen molar-refractivity contribution in [2.45, 2.75) is 30.5 Å². The van der Waals surface area contributed by atoms with Gasteiger partial charge in [-0.3, -0.25) is 0 Å². The number of alkyl halides is 3. The summed E-state index contributed by atoms with van der Waals surface area (Å²) in [5.41, 5.74) is 4.16. The lowest BCUT2D eigenvalue weighted by atomic mass is 9.98. The average Bonchev–Trinajstić information content (AvgIpc) is 2.54. The highest BCUT2D eigenvalue weighted by Crippen LogP contribution is 2.28. The van der Waals surface area contributed by atoms with Crippen molar-refractivity contribution in [2.75, 3.05) is 31.7 Å². The molecule has 0 unspecified atom stereocenters. The van der Waals surface area contributed by atoms with Gasteiger partial charge in [0.1, 0.15) is 24.0 Å². The van der Waals surface area contributed by atoms with Crippen LogP contribution in [0, 0.1) is 0 Å². The number of halogens is 3. The smallest absolute Gasteiger partial charge is 0.388 e. The zero-order valence-electron chi connectivity index (χ0n) is 12.6. The lowest BCUT2D eigenvalue weighted by Gasteiger charge is -2.37. The van der Waals surface area contributed by atoms with Crippen LogP contribution in [-0.2, 0) is 15.7 Å². The van der Waals surface area contributed by atoms with Crippen molar-refractivity contribution in [1.82, 2.24) is 9.97 Å². The third-order valence-corrected chi connectivity index (χ3v) is 3.44. The highest BCUT2D eigenvalue weighted by molar-refractivity contribution is 5.29. The Morgan fingerprint density at radius 3 is 2.79 bits per heavy atom. The normalized spacial score (nSPS) is 27.9. The lowest BCUT2D eigenvalue weighted by Crippen LogP contribution is -2.57. The number of aliphatic hydroxyl groups excluding tert-OH is 2. The SMILES string of the molecule is NCCOC[C@H]1OC[C@H](Nc2nccc(C(F)(F)F)n2)[C@@H](O)[C@H]1O. The van der Waals surface area contributed by atoms with E-state index in [1.54, 1.807) is 0 Å². The fourth-order valence-electron chi connectivity index (χ4n) is 2.19. The van der Waals surface area contributed by atoms with E-state index in [-0.39, 0.29) is 25.8 Å². The topological polar surface area (TPSA) is 123 Å². The van der Waals surface area contributed by atoms with Gasteiger partial charge in [0.05, 0.1) is 25.9 Å². The third kappa shape index (κ3) is 4.74. The van der Waals surface area contributed by atoms with E-state index in [0.29, 0.717) is 6.54 Å². The highest BCUT2D eigenvalue weighted by atomic mass is 19.4. The molecule has 11 heteroatoms. The van der Waals surface area contributed by atoms with Gasteiger partial charge in [0.15, 0.2) is 0 Å². The van der Waals surface area contributed by atoms with Crippen LogP contribution >= 0.6 is 0 Å². The molecule has 5 N–H and O–H groups in total. The van der Waals surface area contributed by atoms with Crippen molar-refractivity contribution < 1.29 is 32.9 Å². The van der Waals surface area contributed by atoms with Crippen molar-refractivity contribution in [1.29, 1.82) is 0 Å². The van der Waals surface area contributed by atoms with Crippen LogP contribution in [0.3, 0.4) is 0 Å². The van der Waals surface area contributed by atoms with Gasteiger partial charge >= 0.3 is 6.18 Å². The van der Waals surface area contributed by atoms with Crippen LogP contribution in [0.1, 0.15) is 5.69 Å². The highest BCUT2D eigenvalue weighted by Gasteiger charge is 2.39. The molecule has 0 saturated carbocycles. The fraction of sp³-hybridized carbons (Fsp3) is 0.692. The number of nitrogens with one attached hydrogen (secondary N) is 1. The van der Waals surface area contributed by atoms with Crippen LogP contribution < -0.4 is 11.1 Å². The fourth-order valence-corrected chi connectivity index (χ4v) is 2.19. The monoisotopic (exact) mass is 352 g/mol. The zero-order chi connectivity index (χ0) is 17.7. The van der Waals surface area contributed by atoms with Gasteiger partial charge in [-0.2, -0.15) is 13.2 Å². The zero-order valence-corrected chi connectivity index (χ0v) is 12.6. The predicted octanol–water partition coefficient (Wildman–Crippen LogP) is -0.628. The first-order chi connectivity index (χ1) is 11.3. The summed E-state index contributed by atoms with van der Waals surface area (Å²) in [4.78, 5) is 7.02. The van der Waals surface area contributed by atoms with Crippen LogP contribution in [0.2, 0.25) is 0 Å². The van der Waals surface area contributed by atoms with Crippen LogP contribution in [0.15, 0.2) is 12.3 Å². The van der Waals surface area contributed by atoms with Gasteiger partial charge in [0.2, 0.25) is 5.95 Å². The summed E-state index contributed by atoms with van der Waals surface area (Å²) < 4.78 is 48.4. The van der Waals surface area contributed by atoms with Gasteiger partial charge in [0, 0.05) is 12.7 Å². The second-order valence-electron chi connectivity index (χ2n) is 5.23. The maximum atomic E-state index is 12.6. The predicted molar refractivity (Wildman–Crippen MR) is 76.1 cm³/mol. The maximum absolute atomic E-state index is 12.6. The summed E-state index contributed by atoms with van der Waals surface area (Å²) in [6, 6.07) is -0.132. The molecule has 1 saturated heterocycles. The lowest BCUT2D eigenvalue weighted by molar-refractivity contribution is -0.159. The summed E-state index contributed by atoms with van der Waals surface area (Å²) in [6.45, 7) is 0.571. The van der Waals surface area contributed by atoms with E-state index in [1.165, 1.54) is 0 Å². The molecule has 1 aromatic heterocycles.